The number of benzene rings is 6. The second-order valence-corrected chi connectivity index (χ2v) is 13.4. The quantitative estimate of drug-likeness (QED) is 0.0569. The van der Waals surface area contributed by atoms with Crippen molar-refractivity contribution in [1.29, 1.82) is 0 Å². The third-order valence-corrected chi connectivity index (χ3v) is 10.4. The van der Waals surface area contributed by atoms with Crippen LogP contribution in [0, 0.1) is 0 Å². The average molecular weight is 706 g/mol. The van der Waals surface area contributed by atoms with E-state index < -0.39 is 62.7 Å². The fraction of sp³-hybridized carbons (Fsp3) is 0.0455. The van der Waals surface area contributed by atoms with Crippen LogP contribution in [0.1, 0.15) is 22.3 Å². The molecule has 2 aliphatic rings. The summed E-state index contributed by atoms with van der Waals surface area (Å²) in [5.74, 6) is -5.53. The lowest BCUT2D eigenvalue weighted by molar-refractivity contribution is 0.263. The third kappa shape index (κ3) is 4.77. The van der Waals surface area contributed by atoms with Gasteiger partial charge >= 0.3 is 0 Å². The van der Waals surface area contributed by atoms with Gasteiger partial charge in [0.2, 0.25) is 5.76 Å². The first kappa shape index (κ1) is 33.1. The Morgan fingerprint density at radius 1 is 0.611 bits per heavy atom. The number of phenolic OH excluding ortho intramolecular Hbond substituents is 3. The first-order valence-electron chi connectivity index (χ1n) is 17.1. The zero-order chi connectivity index (χ0) is 37.6. The molecule has 0 spiro atoms. The Labute approximate surface area is 310 Å². The normalized spacial score (nSPS) is 16.0. The van der Waals surface area contributed by atoms with E-state index in [1.807, 2.05) is 91.0 Å². The number of hydrogen-bond acceptors (Lipinski definition) is 8. The number of rotatable bonds is 3. The lowest BCUT2D eigenvalue weighted by Crippen LogP contribution is -2.22. The number of phenols is 3. The number of hydrogen-bond donors (Lipinski definition) is 7. The van der Waals surface area contributed by atoms with Crippen molar-refractivity contribution in [2.45, 2.75) is 12.5 Å². The predicted octanol–water partition coefficient (Wildman–Crippen LogP) is 7.44. The van der Waals surface area contributed by atoms with Crippen LogP contribution in [0.4, 0.5) is 0 Å². The molecule has 7 aromatic rings. The van der Waals surface area contributed by atoms with Crippen LogP contribution in [0.2, 0.25) is 0 Å². The second kappa shape index (κ2) is 12.1. The Kier molecular flexibility index (Phi) is 7.44. The minimum atomic E-state index is -1.73. The number of fused-ring (bicyclic) bond motifs is 6. The molecule has 6 aromatic carbocycles. The zero-order valence-electron chi connectivity index (χ0n) is 28.4. The van der Waals surface area contributed by atoms with Crippen LogP contribution < -0.4 is 10.9 Å². The minimum absolute atomic E-state index is 0.0869. The molecule has 0 fully saturated rings. The Bertz CT molecular complexity index is 2930. The maximum atomic E-state index is 11.9. The molecule has 258 valence electrons. The summed E-state index contributed by atoms with van der Waals surface area (Å²) in [5, 5.41) is 83.6. The van der Waals surface area contributed by atoms with Crippen LogP contribution in [0.25, 0.3) is 71.8 Å². The van der Waals surface area contributed by atoms with Crippen LogP contribution in [-0.2, 0) is 6.42 Å². The molecule has 1 atom stereocenters. The number of aliphatic hydroxyl groups is 4. The molecule has 4 radical (unpaired) electrons. The van der Waals surface area contributed by atoms with Crippen molar-refractivity contribution in [3.8, 4) is 28.4 Å². The Morgan fingerprint density at radius 3 is 2.06 bits per heavy atom. The molecular weight excluding hydrogens is 678 g/mol. The first-order chi connectivity index (χ1) is 26.0. The summed E-state index contributed by atoms with van der Waals surface area (Å²) in [7, 11) is 12.1. The Morgan fingerprint density at radius 2 is 1.30 bits per heavy atom. The van der Waals surface area contributed by atoms with Crippen molar-refractivity contribution in [3.05, 3.63) is 143 Å². The number of aliphatic hydroxyl groups excluding tert-OH is 4. The predicted molar refractivity (Wildman–Crippen MR) is 214 cm³/mol. The van der Waals surface area contributed by atoms with Gasteiger partial charge < -0.3 is 40.2 Å². The van der Waals surface area contributed by atoms with E-state index in [2.05, 4.69) is 12.1 Å². The highest BCUT2D eigenvalue weighted by Crippen LogP contribution is 2.49. The molecule has 54 heavy (non-hydrogen) atoms. The summed E-state index contributed by atoms with van der Waals surface area (Å²) in [6.45, 7) is 0. The van der Waals surface area contributed by atoms with E-state index in [-0.39, 0.29) is 5.57 Å². The molecule has 1 unspecified atom stereocenters. The summed E-state index contributed by atoms with van der Waals surface area (Å²) < 4.78 is 6.45. The van der Waals surface area contributed by atoms with Gasteiger partial charge in [0.1, 0.15) is 38.7 Å². The van der Waals surface area contributed by atoms with Gasteiger partial charge in [0.25, 0.3) is 0 Å². The monoisotopic (exact) mass is 706 g/mol. The lowest BCUT2D eigenvalue weighted by Gasteiger charge is -2.27. The van der Waals surface area contributed by atoms with Crippen molar-refractivity contribution in [1.82, 2.24) is 0 Å². The largest absolute Gasteiger partial charge is 0.509 e. The molecule has 0 bridgehead atoms. The smallest absolute Gasteiger partial charge is 0.200 e. The van der Waals surface area contributed by atoms with E-state index in [1.165, 1.54) is 0 Å². The standard InChI is InChI=1S/C44H28B2O8/c45-38-37(42(51)44(53)39(46)43(38)52)36-35(29(47)19-30(48)40(49)41(36)50)34-26-11-3-1-2-10-24(26)33(25-12-6-7-13-27(25)34)22-14-15-23-28-16-20-8-4-5-9-21(20)17-32(28)54-31(23)18-22/h1-10,12-19,29,47-53H,11H2. The third-order valence-electron chi connectivity index (χ3n) is 10.4. The van der Waals surface area contributed by atoms with Crippen molar-refractivity contribution in [2.24, 2.45) is 0 Å². The van der Waals surface area contributed by atoms with Crippen molar-refractivity contribution >= 4 is 87.3 Å². The van der Waals surface area contributed by atoms with Gasteiger partial charge in [-0.2, -0.15) is 0 Å². The number of aromatic hydroxyl groups is 3. The van der Waals surface area contributed by atoms with Crippen molar-refractivity contribution < 1.29 is 40.2 Å². The van der Waals surface area contributed by atoms with Gasteiger partial charge in [-0.1, -0.05) is 78.9 Å². The van der Waals surface area contributed by atoms with Gasteiger partial charge in [0.05, 0.1) is 0 Å². The van der Waals surface area contributed by atoms with Crippen LogP contribution in [0.5, 0.6) is 17.2 Å². The van der Waals surface area contributed by atoms with Crippen LogP contribution in [-0.4, -0.2) is 57.5 Å². The maximum Gasteiger partial charge on any atom is 0.200 e. The molecule has 1 aromatic heterocycles. The van der Waals surface area contributed by atoms with Crippen molar-refractivity contribution in [3.63, 3.8) is 0 Å². The van der Waals surface area contributed by atoms with Gasteiger partial charge in [0, 0.05) is 27.5 Å². The van der Waals surface area contributed by atoms with E-state index in [4.69, 9.17) is 20.1 Å². The van der Waals surface area contributed by atoms with Gasteiger partial charge in [-0.15, -0.1) is 0 Å². The van der Waals surface area contributed by atoms with Gasteiger partial charge in [0.15, 0.2) is 23.0 Å². The Balaban J connectivity index is 1.40. The topological polar surface area (TPSA) is 155 Å². The summed E-state index contributed by atoms with van der Waals surface area (Å²) in [6, 6.07) is 25.8. The second-order valence-electron chi connectivity index (χ2n) is 13.4. The summed E-state index contributed by atoms with van der Waals surface area (Å²) in [4.78, 5) is 0. The molecule has 1 heterocycles. The SMILES string of the molecule is [B]c1c(O)c([B])c(C2=C(c3c4c(c(-c5ccc6c(c5)oc5cc7ccccc7cc56)c5ccccc35)C=CC=CC4)C(O)C=C(O)C(O)=C2O)c(O)c1O. The van der Waals surface area contributed by atoms with E-state index in [9.17, 15) is 35.7 Å². The number of furan rings is 1. The molecule has 7 N–H and O–H groups in total. The van der Waals surface area contributed by atoms with E-state index in [0.717, 1.165) is 55.3 Å². The molecule has 0 saturated heterocycles. The fourth-order valence-corrected chi connectivity index (χ4v) is 7.92. The fourth-order valence-electron chi connectivity index (χ4n) is 7.92. The molecule has 10 heteroatoms. The molecule has 0 aliphatic heterocycles. The molecule has 8 nitrogen and oxygen atoms in total. The highest BCUT2D eigenvalue weighted by Gasteiger charge is 2.35. The van der Waals surface area contributed by atoms with Crippen LogP contribution >= 0.6 is 0 Å². The average Bonchev–Trinajstić information content (AvgIpc) is 3.30. The highest BCUT2D eigenvalue weighted by atomic mass is 16.3. The summed E-state index contributed by atoms with van der Waals surface area (Å²) in [5.41, 5.74) is 2.76. The number of allylic oxidation sites excluding steroid dienone is 4. The summed E-state index contributed by atoms with van der Waals surface area (Å²) >= 11 is 0. The lowest BCUT2D eigenvalue weighted by atomic mass is 9.75. The minimum Gasteiger partial charge on any atom is -0.509 e. The van der Waals surface area contributed by atoms with E-state index in [1.54, 1.807) is 0 Å². The first-order valence-corrected chi connectivity index (χ1v) is 17.1. The molecule has 0 amide bonds. The van der Waals surface area contributed by atoms with E-state index >= 15 is 0 Å². The summed E-state index contributed by atoms with van der Waals surface area (Å²) in [6.07, 6.45) is 7.18. The van der Waals surface area contributed by atoms with Gasteiger partial charge in [-0.3, -0.25) is 0 Å². The van der Waals surface area contributed by atoms with Crippen LogP contribution in [0.3, 0.4) is 0 Å². The van der Waals surface area contributed by atoms with Crippen LogP contribution in [0.15, 0.2) is 125 Å². The maximum absolute atomic E-state index is 11.9. The van der Waals surface area contributed by atoms with Crippen molar-refractivity contribution in [2.75, 3.05) is 0 Å². The van der Waals surface area contributed by atoms with E-state index in [0.29, 0.717) is 28.5 Å². The highest BCUT2D eigenvalue weighted by molar-refractivity contribution is 6.45. The van der Waals surface area contributed by atoms with Gasteiger partial charge in [-0.05, 0) is 97.1 Å². The van der Waals surface area contributed by atoms with Gasteiger partial charge in [-0.25, -0.2) is 0 Å². The molecule has 9 rings (SSSR count). The molecular formula is C44H28B2O8. The molecule has 2 aliphatic carbocycles. The Hall–Kier alpha value is -6.77. The molecule has 0 saturated carbocycles. The zero-order valence-corrected chi connectivity index (χ0v) is 28.4.